The van der Waals surface area contributed by atoms with E-state index < -0.39 is 0 Å². The minimum Gasteiger partial charge on any atom is -0.497 e. The predicted octanol–water partition coefficient (Wildman–Crippen LogP) is 2.67. The molecule has 2 heterocycles. The number of amides is 1. The zero-order valence-corrected chi connectivity index (χ0v) is 14.7. The Balaban J connectivity index is 0.00000192. The first-order chi connectivity index (χ1) is 10.7. The monoisotopic (exact) mass is 353 g/mol. The van der Waals surface area contributed by atoms with Gasteiger partial charge in [-0.15, -0.1) is 23.7 Å². The maximum absolute atomic E-state index is 12.6. The van der Waals surface area contributed by atoms with Gasteiger partial charge in [0.1, 0.15) is 15.6 Å². The summed E-state index contributed by atoms with van der Waals surface area (Å²) in [5.74, 6) is 0.887. The largest absolute Gasteiger partial charge is 0.497 e. The number of piperazine rings is 1. The van der Waals surface area contributed by atoms with E-state index in [1.807, 2.05) is 29.2 Å². The minimum absolute atomic E-state index is 0. The number of nitrogens with zero attached hydrogens (tertiary/aromatic N) is 2. The first-order valence-corrected chi connectivity index (χ1v) is 8.12. The fraction of sp³-hybridized carbons (Fsp3) is 0.375. The predicted molar refractivity (Wildman–Crippen MR) is 94.7 cm³/mol. The lowest BCUT2D eigenvalue weighted by Gasteiger charge is -2.33. The van der Waals surface area contributed by atoms with Crippen LogP contribution in [0.1, 0.15) is 16.6 Å². The molecule has 0 aliphatic carbocycles. The number of benzene rings is 1. The van der Waals surface area contributed by atoms with Gasteiger partial charge in [-0.2, -0.15) is 0 Å². The maximum atomic E-state index is 12.6. The average Bonchev–Trinajstić information content (AvgIpc) is 3.05. The summed E-state index contributed by atoms with van der Waals surface area (Å²) in [5.41, 5.74) is 0.998. The van der Waals surface area contributed by atoms with Gasteiger partial charge in [0.15, 0.2) is 0 Å². The van der Waals surface area contributed by atoms with Crippen molar-refractivity contribution in [2.75, 3.05) is 26.7 Å². The second-order valence-corrected chi connectivity index (χ2v) is 6.34. The van der Waals surface area contributed by atoms with Gasteiger partial charge in [-0.25, -0.2) is 4.98 Å². The number of hydrogen-bond donors (Lipinski definition) is 1. The first kappa shape index (κ1) is 17.7. The van der Waals surface area contributed by atoms with E-state index in [1.165, 1.54) is 11.3 Å². The highest BCUT2D eigenvalue weighted by atomic mass is 35.5. The summed E-state index contributed by atoms with van der Waals surface area (Å²) in [5, 5.41) is 4.15. The number of carbonyl (C=O) groups is 1. The summed E-state index contributed by atoms with van der Waals surface area (Å²) in [6.07, 6.45) is 1.68. The topological polar surface area (TPSA) is 54.5 Å². The molecule has 1 atom stereocenters. The third kappa shape index (κ3) is 3.83. The highest BCUT2D eigenvalue weighted by Gasteiger charge is 2.25. The van der Waals surface area contributed by atoms with Gasteiger partial charge in [0.25, 0.3) is 5.91 Å². The van der Waals surface area contributed by atoms with Gasteiger partial charge in [-0.05, 0) is 31.2 Å². The number of thiazole rings is 1. The number of carbonyl (C=O) groups excluding carboxylic acids is 1. The molecule has 0 spiro atoms. The lowest BCUT2D eigenvalue weighted by molar-refractivity contribution is 0.0660. The molecule has 7 heteroatoms. The Morgan fingerprint density at radius 2 is 2.13 bits per heavy atom. The Morgan fingerprint density at radius 1 is 1.39 bits per heavy atom. The van der Waals surface area contributed by atoms with Crippen LogP contribution in [0.25, 0.3) is 10.6 Å². The van der Waals surface area contributed by atoms with Gasteiger partial charge in [0.05, 0.1) is 13.3 Å². The van der Waals surface area contributed by atoms with Crippen molar-refractivity contribution < 1.29 is 9.53 Å². The van der Waals surface area contributed by atoms with Crippen molar-refractivity contribution in [1.82, 2.24) is 15.2 Å². The Bertz CT molecular complexity index is 660. The third-order valence-electron chi connectivity index (χ3n) is 3.82. The molecule has 124 valence electrons. The number of ether oxygens (including phenoxy) is 1. The normalized spacial score (nSPS) is 17.5. The van der Waals surface area contributed by atoms with Crippen molar-refractivity contribution in [3.63, 3.8) is 0 Å². The molecule has 1 unspecified atom stereocenters. The van der Waals surface area contributed by atoms with Gasteiger partial charge < -0.3 is 15.0 Å². The summed E-state index contributed by atoms with van der Waals surface area (Å²) < 4.78 is 5.16. The molecule has 0 saturated carbocycles. The summed E-state index contributed by atoms with van der Waals surface area (Å²) in [4.78, 5) is 19.6. The van der Waals surface area contributed by atoms with Gasteiger partial charge in [0.2, 0.25) is 0 Å². The van der Waals surface area contributed by atoms with Crippen LogP contribution in [0, 0.1) is 0 Å². The zero-order valence-electron chi connectivity index (χ0n) is 13.1. The van der Waals surface area contributed by atoms with Gasteiger partial charge >= 0.3 is 0 Å². The van der Waals surface area contributed by atoms with E-state index in [2.05, 4.69) is 17.2 Å². The van der Waals surface area contributed by atoms with Gasteiger partial charge in [-0.3, -0.25) is 4.79 Å². The van der Waals surface area contributed by atoms with Crippen LogP contribution in [0.3, 0.4) is 0 Å². The smallest absolute Gasteiger partial charge is 0.265 e. The molecule has 5 nitrogen and oxygen atoms in total. The number of hydrogen-bond acceptors (Lipinski definition) is 5. The van der Waals surface area contributed by atoms with Crippen LogP contribution < -0.4 is 10.1 Å². The minimum atomic E-state index is 0. The number of aromatic nitrogens is 1. The molecule has 1 aromatic heterocycles. The van der Waals surface area contributed by atoms with Crippen LogP contribution >= 0.6 is 23.7 Å². The molecule has 1 fully saturated rings. The number of rotatable bonds is 3. The fourth-order valence-corrected chi connectivity index (χ4v) is 3.40. The zero-order chi connectivity index (χ0) is 15.5. The van der Waals surface area contributed by atoms with Crippen molar-refractivity contribution in [2.24, 2.45) is 0 Å². The third-order valence-corrected chi connectivity index (χ3v) is 4.85. The highest BCUT2D eigenvalue weighted by Crippen LogP contribution is 2.27. The Hall–Kier alpha value is -1.63. The molecule has 1 amide bonds. The van der Waals surface area contributed by atoms with Gasteiger partial charge in [0, 0.05) is 31.2 Å². The Morgan fingerprint density at radius 3 is 2.78 bits per heavy atom. The first-order valence-electron chi connectivity index (χ1n) is 7.31. The van der Waals surface area contributed by atoms with Crippen molar-refractivity contribution >= 4 is 29.7 Å². The van der Waals surface area contributed by atoms with Crippen molar-refractivity contribution in [3.8, 4) is 16.3 Å². The van der Waals surface area contributed by atoms with E-state index in [9.17, 15) is 4.79 Å². The molecule has 1 saturated heterocycles. The van der Waals surface area contributed by atoms with Crippen molar-refractivity contribution in [2.45, 2.75) is 13.0 Å². The van der Waals surface area contributed by atoms with Crippen LogP contribution in [-0.2, 0) is 0 Å². The molecule has 23 heavy (non-hydrogen) atoms. The SMILES string of the molecule is COc1ccc(-c2ncc(C(=O)N3CCNCC3C)s2)cc1.Cl. The highest BCUT2D eigenvalue weighted by molar-refractivity contribution is 7.16. The number of halogens is 1. The molecule has 1 aromatic carbocycles. The van der Waals surface area contributed by atoms with Crippen LogP contribution in [0.15, 0.2) is 30.5 Å². The molecular weight excluding hydrogens is 334 g/mol. The van der Waals surface area contributed by atoms with Crippen molar-refractivity contribution in [1.29, 1.82) is 0 Å². The molecule has 1 N–H and O–H groups in total. The van der Waals surface area contributed by atoms with Crippen LogP contribution in [0.2, 0.25) is 0 Å². The van der Waals surface area contributed by atoms with Crippen LogP contribution in [0.4, 0.5) is 0 Å². The van der Waals surface area contributed by atoms with E-state index in [0.29, 0.717) is 4.88 Å². The van der Waals surface area contributed by atoms with Crippen LogP contribution in [-0.4, -0.2) is 48.6 Å². The lowest BCUT2D eigenvalue weighted by atomic mass is 10.2. The molecule has 1 aliphatic rings. The molecule has 0 bridgehead atoms. The van der Waals surface area contributed by atoms with E-state index in [-0.39, 0.29) is 24.4 Å². The second-order valence-electron chi connectivity index (χ2n) is 5.31. The Kier molecular flexibility index (Phi) is 5.98. The second kappa shape index (κ2) is 7.77. The Labute approximate surface area is 146 Å². The summed E-state index contributed by atoms with van der Waals surface area (Å²) in [7, 11) is 1.64. The quantitative estimate of drug-likeness (QED) is 0.921. The average molecular weight is 354 g/mol. The summed E-state index contributed by atoms with van der Waals surface area (Å²) in [6.45, 7) is 4.50. The lowest BCUT2D eigenvalue weighted by Crippen LogP contribution is -2.52. The molecular formula is C16H20ClN3O2S. The molecule has 2 aromatic rings. The summed E-state index contributed by atoms with van der Waals surface area (Å²) in [6, 6.07) is 7.93. The van der Waals surface area contributed by atoms with E-state index in [0.717, 1.165) is 36.0 Å². The molecule has 1 aliphatic heterocycles. The standard InChI is InChI=1S/C16H19N3O2S.ClH/c1-11-9-17-7-8-19(11)16(20)14-10-18-15(22-14)12-3-5-13(21-2)6-4-12;/h3-6,10-11,17H,7-9H2,1-2H3;1H. The molecule has 3 rings (SSSR count). The number of methoxy groups -OCH3 is 1. The van der Waals surface area contributed by atoms with E-state index >= 15 is 0 Å². The number of nitrogens with one attached hydrogen (secondary N) is 1. The fourth-order valence-electron chi connectivity index (χ4n) is 2.52. The summed E-state index contributed by atoms with van der Waals surface area (Å²) >= 11 is 1.44. The van der Waals surface area contributed by atoms with Crippen molar-refractivity contribution in [3.05, 3.63) is 35.3 Å². The molecule has 0 radical (unpaired) electrons. The van der Waals surface area contributed by atoms with E-state index in [4.69, 9.17) is 4.74 Å². The van der Waals surface area contributed by atoms with Gasteiger partial charge in [-0.1, -0.05) is 0 Å². The van der Waals surface area contributed by atoms with Crippen LogP contribution in [0.5, 0.6) is 5.75 Å². The maximum Gasteiger partial charge on any atom is 0.265 e. The van der Waals surface area contributed by atoms with E-state index in [1.54, 1.807) is 13.3 Å².